The van der Waals surface area contributed by atoms with Crippen molar-refractivity contribution < 1.29 is 13.6 Å². The second kappa shape index (κ2) is 8.31. The van der Waals surface area contributed by atoms with Crippen LogP contribution in [0.1, 0.15) is 27.7 Å². The minimum Gasteiger partial charge on any atom is -0.467 e. The van der Waals surface area contributed by atoms with Gasteiger partial charge >= 0.3 is 0 Å². The molecule has 0 saturated carbocycles. The van der Waals surface area contributed by atoms with Crippen molar-refractivity contribution in [3.63, 3.8) is 0 Å². The summed E-state index contributed by atoms with van der Waals surface area (Å²) in [5, 5.41) is 2.77. The second-order valence-electron chi connectivity index (χ2n) is 6.94. The van der Waals surface area contributed by atoms with Gasteiger partial charge in [0.1, 0.15) is 12.0 Å². The van der Waals surface area contributed by atoms with E-state index in [1.165, 1.54) is 17.5 Å². The van der Waals surface area contributed by atoms with Gasteiger partial charge in [-0.3, -0.25) is 9.69 Å². The van der Waals surface area contributed by atoms with E-state index in [1.54, 1.807) is 12.3 Å². The van der Waals surface area contributed by atoms with Crippen molar-refractivity contribution in [1.29, 1.82) is 0 Å². The quantitative estimate of drug-likeness (QED) is 0.709. The lowest BCUT2D eigenvalue weighted by atomic mass is 10.1. The molecule has 4 rings (SSSR count). The molecule has 1 N–H and O–H groups in total. The third-order valence-electron chi connectivity index (χ3n) is 4.97. The molecule has 1 saturated heterocycles. The van der Waals surface area contributed by atoms with Crippen molar-refractivity contribution in [3.05, 3.63) is 71.8 Å². The summed E-state index contributed by atoms with van der Waals surface area (Å²) in [6.45, 7) is 6.85. The summed E-state index contributed by atoms with van der Waals surface area (Å²) in [5.74, 6) is 0.992. The number of nitrogens with one attached hydrogen (secondary N) is 1. The molecule has 0 unspecified atom stereocenters. The van der Waals surface area contributed by atoms with Gasteiger partial charge < -0.3 is 19.1 Å². The van der Waals surface area contributed by atoms with Gasteiger partial charge in [-0.1, -0.05) is 18.2 Å². The first kappa shape index (κ1) is 18.3. The molecule has 0 atom stereocenters. The molecule has 28 heavy (non-hydrogen) atoms. The van der Waals surface area contributed by atoms with E-state index in [0.717, 1.165) is 26.2 Å². The first-order valence-electron chi connectivity index (χ1n) is 9.47. The smallest absolute Gasteiger partial charge is 0.273 e. The summed E-state index contributed by atoms with van der Waals surface area (Å²) in [4.78, 5) is 21.2. The number of anilines is 1. The number of furan rings is 1. The number of carbonyl (C=O) groups excluding carboxylic acids is 1. The van der Waals surface area contributed by atoms with Crippen LogP contribution in [0.15, 0.2) is 57.8 Å². The van der Waals surface area contributed by atoms with Crippen LogP contribution in [-0.2, 0) is 13.1 Å². The van der Waals surface area contributed by atoms with Crippen LogP contribution in [0.2, 0.25) is 0 Å². The third kappa shape index (κ3) is 4.26. The largest absolute Gasteiger partial charge is 0.467 e. The summed E-state index contributed by atoms with van der Waals surface area (Å²) >= 11 is 0. The van der Waals surface area contributed by atoms with E-state index in [0.29, 0.717) is 30.4 Å². The Morgan fingerprint density at radius 2 is 1.93 bits per heavy atom. The number of carbonyl (C=O) groups is 1. The molecule has 1 aromatic carbocycles. The SMILES string of the molecule is Cc1ccccc1N1CCN(Cc2nc(C(=O)NCc3ccco3)co2)CC1. The van der Waals surface area contributed by atoms with Gasteiger partial charge in [-0.25, -0.2) is 4.98 Å². The average Bonchev–Trinajstić information content (AvgIpc) is 3.39. The maximum absolute atomic E-state index is 12.2. The highest BCUT2D eigenvalue weighted by Crippen LogP contribution is 2.21. The van der Waals surface area contributed by atoms with E-state index in [9.17, 15) is 4.79 Å². The van der Waals surface area contributed by atoms with E-state index in [-0.39, 0.29) is 5.91 Å². The lowest BCUT2D eigenvalue weighted by Gasteiger charge is -2.36. The van der Waals surface area contributed by atoms with E-state index >= 15 is 0 Å². The molecular formula is C21H24N4O3. The summed E-state index contributed by atoms with van der Waals surface area (Å²) < 4.78 is 10.7. The molecule has 1 aliphatic heterocycles. The maximum Gasteiger partial charge on any atom is 0.273 e. The van der Waals surface area contributed by atoms with Crippen LogP contribution in [0.3, 0.4) is 0 Å². The summed E-state index contributed by atoms with van der Waals surface area (Å²) in [5.41, 5.74) is 2.89. The van der Waals surface area contributed by atoms with Crippen LogP contribution in [0.5, 0.6) is 0 Å². The van der Waals surface area contributed by atoms with Crippen LogP contribution in [-0.4, -0.2) is 42.0 Å². The Labute approximate surface area is 163 Å². The van der Waals surface area contributed by atoms with Crippen molar-refractivity contribution in [2.75, 3.05) is 31.1 Å². The lowest BCUT2D eigenvalue weighted by molar-refractivity contribution is 0.0943. The van der Waals surface area contributed by atoms with Crippen molar-refractivity contribution in [2.45, 2.75) is 20.0 Å². The number of nitrogens with zero attached hydrogens (tertiary/aromatic N) is 3. The minimum absolute atomic E-state index is 0.268. The summed E-state index contributed by atoms with van der Waals surface area (Å²) in [7, 11) is 0. The fourth-order valence-corrected chi connectivity index (χ4v) is 3.42. The molecule has 3 heterocycles. The molecule has 7 nitrogen and oxygen atoms in total. The number of aryl methyl sites for hydroxylation is 1. The Morgan fingerprint density at radius 3 is 2.68 bits per heavy atom. The molecule has 1 aliphatic rings. The minimum atomic E-state index is -0.268. The molecule has 0 aliphatic carbocycles. The molecule has 146 valence electrons. The van der Waals surface area contributed by atoms with Gasteiger partial charge in [0.2, 0.25) is 5.89 Å². The highest BCUT2D eigenvalue weighted by Gasteiger charge is 2.20. The Kier molecular flexibility index (Phi) is 5.43. The number of hydrogen-bond donors (Lipinski definition) is 1. The Balaban J connectivity index is 1.28. The van der Waals surface area contributed by atoms with E-state index < -0.39 is 0 Å². The Morgan fingerprint density at radius 1 is 1.11 bits per heavy atom. The molecular weight excluding hydrogens is 356 g/mol. The van der Waals surface area contributed by atoms with Gasteiger partial charge in [-0.15, -0.1) is 0 Å². The van der Waals surface area contributed by atoms with Gasteiger partial charge in [-0.05, 0) is 30.7 Å². The van der Waals surface area contributed by atoms with Crippen molar-refractivity contribution >= 4 is 11.6 Å². The average molecular weight is 380 g/mol. The van der Waals surface area contributed by atoms with E-state index in [2.05, 4.69) is 51.3 Å². The zero-order chi connectivity index (χ0) is 19.3. The first-order chi connectivity index (χ1) is 13.7. The number of rotatable bonds is 6. The zero-order valence-corrected chi connectivity index (χ0v) is 15.9. The number of oxazole rings is 1. The lowest BCUT2D eigenvalue weighted by Crippen LogP contribution is -2.46. The standard InChI is InChI=1S/C21H24N4O3/c1-16-5-2-3-7-19(16)25-10-8-24(9-11-25)14-20-23-18(15-28-20)21(26)22-13-17-6-4-12-27-17/h2-7,12,15H,8-11,13-14H2,1H3,(H,22,26). The monoisotopic (exact) mass is 380 g/mol. The molecule has 3 aromatic rings. The normalized spacial score (nSPS) is 15.0. The van der Waals surface area contributed by atoms with Crippen LogP contribution >= 0.6 is 0 Å². The third-order valence-corrected chi connectivity index (χ3v) is 4.97. The summed E-state index contributed by atoms with van der Waals surface area (Å²) in [6.07, 6.45) is 2.99. The molecule has 0 bridgehead atoms. The fraction of sp³-hybridized carbons (Fsp3) is 0.333. The van der Waals surface area contributed by atoms with Crippen LogP contribution < -0.4 is 10.2 Å². The van der Waals surface area contributed by atoms with Crippen molar-refractivity contribution in [1.82, 2.24) is 15.2 Å². The van der Waals surface area contributed by atoms with Gasteiger partial charge in [0, 0.05) is 31.9 Å². The highest BCUT2D eigenvalue weighted by molar-refractivity contribution is 5.91. The van der Waals surface area contributed by atoms with Gasteiger partial charge in [-0.2, -0.15) is 0 Å². The van der Waals surface area contributed by atoms with Gasteiger partial charge in [0.05, 0.1) is 19.4 Å². The predicted molar refractivity (Wildman–Crippen MR) is 105 cm³/mol. The van der Waals surface area contributed by atoms with Crippen molar-refractivity contribution in [3.8, 4) is 0 Å². The van der Waals surface area contributed by atoms with Gasteiger partial charge in [0.15, 0.2) is 5.69 Å². The highest BCUT2D eigenvalue weighted by atomic mass is 16.3. The fourth-order valence-electron chi connectivity index (χ4n) is 3.42. The summed E-state index contributed by atoms with van der Waals surface area (Å²) in [6, 6.07) is 12.1. The Hall–Kier alpha value is -3.06. The second-order valence-corrected chi connectivity index (χ2v) is 6.94. The Bertz CT molecular complexity index is 911. The number of amides is 1. The first-order valence-corrected chi connectivity index (χ1v) is 9.47. The number of para-hydroxylation sites is 1. The number of benzene rings is 1. The molecule has 1 fully saturated rings. The molecule has 7 heteroatoms. The number of aromatic nitrogens is 1. The van der Waals surface area contributed by atoms with Crippen LogP contribution in [0, 0.1) is 6.92 Å². The number of hydrogen-bond acceptors (Lipinski definition) is 6. The molecule has 2 aromatic heterocycles. The van der Waals surface area contributed by atoms with Crippen LogP contribution in [0.25, 0.3) is 0 Å². The molecule has 0 radical (unpaired) electrons. The molecule has 1 amide bonds. The number of piperazine rings is 1. The van der Waals surface area contributed by atoms with Crippen molar-refractivity contribution in [2.24, 2.45) is 0 Å². The topological polar surface area (TPSA) is 74.8 Å². The predicted octanol–water partition coefficient (Wildman–Crippen LogP) is 2.83. The van der Waals surface area contributed by atoms with Crippen LogP contribution in [0.4, 0.5) is 5.69 Å². The van der Waals surface area contributed by atoms with Gasteiger partial charge in [0.25, 0.3) is 5.91 Å². The van der Waals surface area contributed by atoms with E-state index in [4.69, 9.17) is 8.83 Å². The zero-order valence-electron chi connectivity index (χ0n) is 15.9. The van der Waals surface area contributed by atoms with E-state index in [1.807, 2.05) is 6.07 Å². The molecule has 0 spiro atoms. The maximum atomic E-state index is 12.2.